The Hall–Kier alpha value is -2.30. The van der Waals surface area contributed by atoms with Crippen molar-refractivity contribution in [2.75, 3.05) is 26.3 Å². The zero-order valence-electron chi connectivity index (χ0n) is 22.3. The molecular weight excluding hydrogens is 653 g/mol. The van der Waals surface area contributed by atoms with Crippen molar-refractivity contribution in [3.63, 3.8) is 0 Å². The molecule has 1 amide bonds. The van der Waals surface area contributed by atoms with E-state index in [0.717, 1.165) is 16.2 Å². The van der Waals surface area contributed by atoms with E-state index in [1.807, 2.05) is 44.2 Å². The van der Waals surface area contributed by atoms with Crippen molar-refractivity contribution in [2.45, 2.75) is 47.7 Å². The zero-order chi connectivity index (χ0) is 28.7. The van der Waals surface area contributed by atoms with E-state index in [0.29, 0.717) is 12.2 Å². The number of sulfonamides is 1. The van der Waals surface area contributed by atoms with Gasteiger partial charge >= 0.3 is 246 Å². The molecule has 0 aromatic heterocycles. The van der Waals surface area contributed by atoms with Gasteiger partial charge in [-0.05, 0) is 0 Å². The number of nitrogens with one attached hydrogen (secondary N) is 1. The van der Waals surface area contributed by atoms with Crippen LogP contribution in [0.3, 0.4) is 0 Å². The molecule has 13 heteroatoms. The number of benzene rings is 2. The van der Waals surface area contributed by atoms with Gasteiger partial charge in [0.25, 0.3) is 0 Å². The summed E-state index contributed by atoms with van der Waals surface area (Å²) in [5.41, 5.74) is 0.414. The molecule has 2 fully saturated rings. The maximum absolute atomic E-state index is 13.7. The normalized spacial score (nSPS) is 22.6. The topological polar surface area (TPSA) is 147 Å². The molecule has 4 rings (SSSR count). The van der Waals surface area contributed by atoms with Gasteiger partial charge < -0.3 is 0 Å². The Balaban J connectivity index is 1.53. The Labute approximate surface area is 244 Å². The Morgan fingerprint density at radius 3 is 2.70 bits per heavy atom. The Bertz CT molecular complexity index is 1260. The summed E-state index contributed by atoms with van der Waals surface area (Å²) < 4.78 is 45.6. The van der Waals surface area contributed by atoms with Crippen molar-refractivity contribution in [2.24, 2.45) is 17.0 Å². The number of halogens is 1. The summed E-state index contributed by atoms with van der Waals surface area (Å²) >= 11 is -0.984. The van der Waals surface area contributed by atoms with Crippen LogP contribution >= 0.6 is 0 Å². The second kappa shape index (κ2) is 14.0. The van der Waals surface area contributed by atoms with Gasteiger partial charge in [0.15, 0.2) is 0 Å². The first-order valence-electron chi connectivity index (χ1n) is 13.0. The average Bonchev–Trinajstić information content (AvgIpc) is 3.54. The van der Waals surface area contributed by atoms with Gasteiger partial charge in [0.1, 0.15) is 0 Å². The minimum absolute atomic E-state index is 0.00833. The van der Waals surface area contributed by atoms with Crippen LogP contribution in [0.4, 0.5) is 4.79 Å². The molecule has 2 aromatic carbocycles. The van der Waals surface area contributed by atoms with Crippen LogP contribution < -0.4 is 26.5 Å². The molecule has 0 saturated carbocycles. The number of oxime groups is 1. The predicted octanol–water partition coefficient (Wildman–Crippen LogP) is -0.725. The van der Waals surface area contributed by atoms with Gasteiger partial charge in [-0.3, -0.25) is 0 Å². The van der Waals surface area contributed by atoms with Gasteiger partial charge in [0.2, 0.25) is 0 Å². The predicted molar refractivity (Wildman–Crippen MR) is 142 cm³/mol. The summed E-state index contributed by atoms with van der Waals surface area (Å²) in [6.45, 7) is 4.48. The van der Waals surface area contributed by atoms with Crippen LogP contribution in [-0.2, 0) is 24.2 Å². The Kier molecular flexibility index (Phi) is 10.8. The standard InChI is InChI=1S/C27H35IN3O8S/c1-18(2)15-31(40(35,36)21-10-6-7-19(13-21)14-29-34)16-23(32)25(28-20-8-4-3-5-9-20)30-27(33)39-24-17-38-26-22(24)11-12-37-26/h3-10,13-14,18,22-26,32,34H,11-12,15-17H2,1-2H3,(H,30,33)/q-1/b29-14+/t22-,23+,24-,25+,26+/m0/s1. The van der Waals surface area contributed by atoms with Crippen molar-refractivity contribution in [3.8, 4) is 0 Å². The molecule has 2 aliphatic heterocycles. The van der Waals surface area contributed by atoms with Crippen LogP contribution in [0.5, 0.6) is 0 Å². The van der Waals surface area contributed by atoms with Crippen LogP contribution in [0, 0.1) is 15.4 Å². The van der Waals surface area contributed by atoms with Crippen molar-refractivity contribution in [3.05, 3.63) is 63.7 Å². The summed E-state index contributed by atoms with van der Waals surface area (Å²) in [7, 11) is -4.03. The van der Waals surface area contributed by atoms with Gasteiger partial charge in [-0.15, -0.1) is 0 Å². The number of amides is 1. The summed E-state index contributed by atoms with van der Waals surface area (Å²) in [4.78, 5) is 13.0. The fourth-order valence-electron chi connectivity index (χ4n) is 4.60. The minimum atomic E-state index is -4.03. The average molecular weight is 689 g/mol. The van der Waals surface area contributed by atoms with Crippen LogP contribution in [0.25, 0.3) is 0 Å². The quantitative estimate of drug-likeness (QED) is 0.0662. The van der Waals surface area contributed by atoms with E-state index < -0.39 is 53.6 Å². The van der Waals surface area contributed by atoms with Crippen LogP contribution in [0.2, 0.25) is 0 Å². The number of hydrogen-bond donors (Lipinski definition) is 3. The molecule has 0 bridgehead atoms. The molecular formula is C27H35IN3O8S-. The number of carbonyl (C=O) groups excluding carboxylic acids is 1. The van der Waals surface area contributed by atoms with Crippen molar-refractivity contribution >= 4 is 22.3 Å². The molecule has 11 nitrogen and oxygen atoms in total. The number of nitrogens with zero attached hydrogens (tertiary/aromatic N) is 2. The first kappa shape index (κ1) is 30.7. The number of alkyl halides is 1. The van der Waals surface area contributed by atoms with E-state index in [1.54, 1.807) is 12.1 Å². The Morgan fingerprint density at radius 1 is 1.20 bits per heavy atom. The van der Waals surface area contributed by atoms with E-state index in [4.69, 9.17) is 19.4 Å². The van der Waals surface area contributed by atoms with Crippen molar-refractivity contribution in [1.82, 2.24) is 9.62 Å². The van der Waals surface area contributed by atoms with Crippen molar-refractivity contribution < 1.29 is 58.9 Å². The summed E-state index contributed by atoms with van der Waals surface area (Å²) in [5.74, 6) is -0.0652. The van der Waals surface area contributed by atoms with Crippen LogP contribution in [-0.4, -0.2) is 84.2 Å². The molecule has 0 radical (unpaired) electrons. The van der Waals surface area contributed by atoms with Gasteiger partial charge in [-0.2, -0.15) is 0 Å². The second-order valence-corrected chi connectivity index (χ2v) is 15.2. The van der Waals surface area contributed by atoms with E-state index in [2.05, 4.69) is 10.5 Å². The number of aliphatic hydroxyl groups is 1. The molecule has 2 aliphatic rings. The maximum atomic E-state index is 13.7. The van der Waals surface area contributed by atoms with E-state index >= 15 is 0 Å². The molecule has 0 spiro atoms. The molecule has 220 valence electrons. The third-order valence-electron chi connectivity index (χ3n) is 6.48. The zero-order valence-corrected chi connectivity index (χ0v) is 25.3. The number of aliphatic hydroxyl groups excluding tert-OH is 1. The first-order chi connectivity index (χ1) is 19.2. The number of hydrogen-bond acceptors (Lipinski definition) is 9. The van der Waals surface area contributed by atoms with Gasteiger partial charge in [-0.25, -0.2) is 0 Å². The molecule has 0 aliphatic carbocycles. The molecule has 2 aromatic rings. The monoisotopic (exact) mass is 688 g/mol. The Morgan fingerprint density at radius 2 is 1.98 bits per heavy atom. The molecule has 5 atom stereocenters. The van der Waals surface area contributed by atoms with Crippen LogP contribution in [0.15, 0.2) is 64.6 Å². The van der Waals surface area contributed by atoms with Gasteiger partial charge in [-0.1, -0.05) is 0 Å². The summed E-state index contributed by atoms with van der Waals surface area (Å²) in [5, 5.41) is 26.1. The van der Waals surface area contributed by atoms with Crippen LogP contribution in [0.1, 0.15) is 25.8 Å². The summed E-state index contributed by atoms with van der Waals surface area (Å²) in [6.07, 6.45) is -0.834. The molecule has 2 heterocycles. The SMILES string of the molecule is CC(C)CN(C[C@@H](O)[C@@H](NC(=O)O[C@H]1CO[C@H]2OCC[C@H]21)[I-]c1ccccc1)S(=O)(=O)c1cccc(/C=N/O)c1. The van der Waals surface area contributed by atoms with E-state index in [1.165, 1.54) is 16.4 Å². The number of rotatable bonds is 12. The molecule has 3 N–H and O–H groups in total. The van der Waals surface area contributed by atoms with Gasteiger partial charge in [0, 0.05) is 0 Å². The number of ether oxygens (including phenoxy) is 3. The fraction of sp³-hybridized carbons (Fsp3) is 0.481. The van der Waals surface area contributed by atoms with E-state index in [-0.39, 0.29) is 42.7 Å². The number of alkyl carbamates (subject to hydrolysis) is 1. The van der Waals surface area contributed by atoms with Gasteiger partial charge in [0.05, 0.1) is 0 Å². The second-order valence-electron chi connectivity index (χ2n) is 10.0. The number of fused-ring (bicyclic) bond motifs is 1. The number of carbonyl (C=O) groups is 1. The summed E-state index contributed by atoms with van der Waals surface area (Å²) in [6, 6.07) is 15.5. The third-order valence-corrected chi connectivity index (χ3v) is 11.6. The first-order valence-corrected chi connectivity index (χ1v) is 16.8. The fourth-order valence-corrected chi connectivity index (χ4v) is 8.94. The third kappa shape index (κ3) is 7.91. The molecule has 2 saturated heterocycles. The molecule has 40 heavy (non-hydrogen) atoms. The van der Waals surface area contributed by atoms with Crippen molar-refractivity contribution in [1.29, 1.82) is 0 Å². The molecule has 0 unspecified atom stereocenters. The van der Waals surface area contributed by atoms with E-state index in [9.17, 15) is 18.3 Å².